The highest BCUT2D eigenvalue weighted by atomic mass is 32.2. The fraction of sp³-hybridized carbons (Fsp3) is 0.231. The molecule has 186 valence electrons. The summed E-state index contributed by atoms with van der Waals surface area (Å²) in [5, 5.41) is 4.06. The molecule has 1 fully saturated rings. The van der Waals surface area contributed by atoms with Crippen LogP contribution < -0.4 is 14.9 Å². The van der Waals surface area contributed by atoms with Crippen LogP contribution >= 0.6 is 12.2 Å². The normalized spacial score (nSPS) is 17.9. The summed E-state index contributed by atoms with van der Waals surface area (Å²) < 4.78 is 33.6. The third-order valence-electron chi connectivity index (χ3n) is 6.37. The van der Waals surface area contributed by atoms with Crippen LogP contribution in [0.1, 0.15) is 40.5 Å². The second kappa shape index (κ2) is 9.44. The molecule has 0 amide bonds. The van der Waals surface area contributed by atoms with Crippen LogP contribution in [0.4, 0.5) is 11.4 Å². The molecule has 10 heteroatoms. The van der Waals surface area contributed by atoms with E-state index >= 15 is 0 Å². The topological polar surface area (TPSA) is 92.4 Å². The van der Waals surface area contributed by atoms with Gasteiger partial charge in [-0.2, -0.15) is 0 Å². The number of anilines is 2. The fourth-order valence-corrected chi connectivity index (χ4v) is 5.69. The minimum atomic E-state index is -3.37. The van der Waals surface area contributed by atoms with Crippen molar-refractivity contribution in [1.29, 1.82) is 0 Å². The quantitative estimate of drug-likeness (QED) is 0.341. The summed E-state index contributed by atoms with van der Waals surface area (Å²) in [4.78, 5) is 6.71. The smallest absolute Gasteiger partial charge is 0.229 e. The van der Waals surface area contributed by atoms with Gasteiger partial charge in [-0.3, -0.25) is 9.71 Å². The van der Waals surface area contributed by atoms with E-state index in [0.29, 0.717) is 17.3 Å². The molecule has 0 radical (unpaired) electrons. The SMILES string of the molecule is Cc1cc([C@@H]2[C@@H](c3ccccn3)NC(=S)N2c2ccc(NS(C)(=O)=O)cc2)c(C)n1Cc1ccco1. The molecule has 1 aliphatic heterocycles. The summed E-state index contributed by atoms with van der Waals surface area (Å²) >= 11 is 5.83. The van der Waals surface area contributed by atoms with E-state index in [9.17, 15) is 8.42 Å². The first-order valence-corrected chi connectivity index (χ1v) is 13.8. The Labute approximate surface area is 216 Å². The summed E-state index contributed by atoms with van der Waals surface area (Å²) in [6.07, 6.45) is 4.60. The van der Waals surface area contributed by atoms with E-state index in [1.807, 2.05) is 42.5 Å². The van der Waals surface area contributed by atoms with Gasteiger partial charge in [-0.1, -0.05) is 6.07 Å². The largest absolute Gasteiger partial charge is 0.467 e. The maximum Gasteiger partial charge on any atom is 0.229 e. The van der Waals surface area contributed by atoms with E-state index in [1.54, 1.807) is 24.6 Å². The highest BCUT2D eigenvalue weighted by Gasteiger charge is 2.42. The number of furan rings is 1. The molecular weight excluding hydrogens is 494 g/mol. The summed E-state index contributed by atoms with van der Waals surface area (Å²) in [6.45, 7) is 4.83. The molecule has 0 spiro atoms. The Hall–Kier alpha value is -3.63. The minimum Gasteiger partial charge on any atom is -0.467 e. The molecule has 3 aromatic heterocycles. The number of nitrogens with zero attached hydrogens (tertiary/aromatic N) is 3. The number of benzene rings is 1. The molecule has 4 heterocycles. The Balaban J connectivity index is 1.58. The van der Waals surface area contributed by atoms with Crippen molar-refractivity contribution in [1.82, 2.24) is 14.9 Å². The van der Waals surface area contributed by atoms with Crippen molar-refractivity contribution in [2.24, 2.45) is 0 Å². The van der Waals surface area contributed by atoms with Crippen LogP contribution in [0.3, 0.4) is 0 Å². The molecule has 8 nitrogen and oxygen atoms in total. The Morgan fingerprint density at radius 2 is 1.89 bits per heavy atom. The number of hydrogen-bond acceptors (Lipinski definition) is 5. The van der Waals surface area contributed by atoms with Gasteiger partial charge in [0.05, 0.1) is 36.8 Å². The summed E-state index contributed by atoms with van der Waals surface area (Å²) in [7, 11) is -3.37. The van der Waals surface area contributed by atoms with Crippen LogP contribution in [0.5, 0.6) is 0 Å². The second-order valence-electron chi connectivity index (χ2n) is 8.91. The van der Waals surface area contributed by atoms with Crippen molar-refractivity contribution in [3.8, 4) is 0 Å². The number of nitrogens with one attached hydrogen (secondary N) is 2. The van der Waals surface area contributed by atoms with Gasteiger partial charge in [-0.25, -0.2) is 8.42 Å². The standard InChI is InChI=1S/C26H27N5O3S2/c1-17-15-22(18(2)30(17)16-21-7-6-14-34-21)25-24(23-8-4-5-13-27-23)28-26(35)31(25)20-11-9-19(10-12-20)29-36(3,32)33/h4-15,24-25,29H,16H2,1-3H3,(H,28,35)/t24-,25-/m1/s1. The monoisotopic (exact) mass is 521 g/mol. The lowest BCUT2D eigenvalue weighted by atomic mass is 9.96. The summed E-state index contributed by atoms with van der Waals surface area (Å²) in [6, 6.07) is 18.8. The van der Waals surface area contributed by atoms with Gasteiger partial charge in [-0.05, 0) is 86.2 Å². The number of aryl methyl sites for hydroxylation is 1. The average Bonchev–Trinajstić information content (AvgIpc) is 3.54. The average molecular weight is 522 g/mol. The Morgan fingerprint density at radius 1 is 1.11 bits per heavy atom. The molecule has 0 saturated carbocycles. The van der Waals surface area contributed by atoms with Crippen molar-refractivity contribution >= 4 is 38.7 Å². The molecule has 0 unspecified atom stereocenters. The highest BCUT2D eigenvalue weighted by molar-refractivity contribution is 7.92. The lowest BCUT2D eigenvalue weighted by molar-refractivity contribution is 0.488. The Morgan fingerprint density at radius 3 is 2.53 bits per heavy atom. The molecule has 2 N–H and O–H groups in total. The highest BCUT2D eigenvalue weighted by Crippen LogP contribution is 2.43. The molecule has 4 aromatic rings. The molecule has 36 heavy (non-hydrogen) atoms. The molecule has 5 rings (SSSR count). The van der Waals surface area contributed by atoms with Gasteiger partial charge in [0.25, 0.3) is 0 Å². The summed E-state index contributed by atoms with van der Waals surface area (Å²) in [5.41, 5.74) is 5.59. The summed E-state index contributed by atoms with van der Waals surface area (Å²) in [5.74, 6) is 0.885. The zero-order chi connectivity index (χ0) is 25.4. The van der Waals surface area contributed by atoms with E-state index in [1.165, 1.54) is 0 Å². The molecule has 2 atom stereocenters. The van der Waals surface area contributed by atoms with Gasteiger partial charge in [0.15, 0.2) is 5.11 Å². The number of pyridine rings is 1. The Kier molecular flexibility index (Phi) is 6.31. The van der Waals surface area contributed by atoms with Gasteiger partial charge < -0.3 is 19.2 Å². The molecule has 1 aromatic carbocycles. The number of sulfonamides is 1. The number of thiocarbonyl (C=S) groups is 1. The first-order chi connectivity index (χ1) is 17.2. The molecule has 0 bridgehead atoms. The molecule has 0 aliphatic carbocycles. The van der Waals surface area contributed by atoms with Crippen LogP contribution in [-0.4, -0.2) is 29.3 Å². The van der Waals surface area contributed by atoms with E-state index in [2.05, 4.69) is 44.4 Å². The van der Waals surface area contributed by atoms with E-state index in [4.69, 9.17) is 16.6 Å². The zero-order valence-corrected chi connectivity index (χ0v) is 21.8. The molecule has 1 aliphatic rings. The lowest BCUT2D eigenvalue weighted by Crippen LogP contribution is -2.29. The fourth-order valence-electron chi connectivity index (χ4n) is 4.78. The van der Waals surface area contributed by atoms with E-state index in [0.717, 1.165) is 40.3 Å². The van der Waals surface area contributed by atoms with Gasteiger partial charge in [0, 0.05) is 29.0 Å². The number of aromatic nitrogens is 2. The van der Waals surface area contributed by atoms with Crippen molar-refractivity contribution in [3.05, 3.63) is 102 Å². The second-order valence-corrected chi connectivity index (χ2v) is 11.0. The van der Waals surface area contributed by atoms with Crippen LogP contribution in [0.2, 0.25) is 0 Å². The van der Waals surface area contributed by atoms with Crippen molar-refractivity contribution in [2.45, 2.75) is 32.5 Å². The van der Waals surface area contributed by atoms with Gasteiger partial charge in [0.2, 0.25) is 10.0 Å². The van der Waals surface area contributed by atoms with Crippen molar-refractivity contribution < 1.29 is 12.8 Å². The van der Waals surface area contributed by atoms with Gasteiger partial charge >= 0.3 is 0 Å². The number of rotatable bonds is 7. The third-order valence-corrected chi connectivity index (χ3v) is 7.29. The third kappa shape index (κ3) is 4.74. The van der Waals surface area contributed by atoms with Crippen LogP contribution in [0.25, 0.3) is 0 Å². The minimum absolute atomic E-state index is 0.169. The first-order valence-electron chi connectivity index (χ1n) is 11.5. The molecule has 1 saturated heterocycles. The molecular formula is C26H27N5O3S2. The predicted molar refractivity (Wildman–Crippen MR) is 145 cm³/mol. The van der Waals surface area contributed by atoms with Gasteiger partial charge in [0.1, 0.15) is 5.76 Å². The van der Waals surface area contributed by atoms with E-state index < -0.39 is 10.0 Å². The van der Waals surface area contributed by atoms with E-state index in [-0.39, 0.29) is 12.1 Å². The lowest BCUT2D eigenvalue weighted by Gasteiger charge is -2.28. The maximum atomic E-state index is 11.6. The van der Waals surface area contributed by atoms with Crippen LogP contribution in [-0.2, 0) is 16.6 Å². The van der Waals surface area contributed by atoms with Crippen LogP contribution in [0.15, 0.2) is 77.5 Å². The van der Waals surface area contributed by atoms with Crippen molar-refractivity contribution in [3.63, 3.8) is 0 Å². The van der Waals surface area contributed by atoms with Crippen molar-refractivity contribution in [2.75, 3.05) is 15.9 Å². The predicted octanol–water partition coefficient (Wildman–Crippen LogP) is 4.69. The van der Waals surface area contributed by atoms with Gasteiger partial charge in [-0.15, -0.1) is 0 Å². The number of hydrogen-bond donors (Lipinski definition) is 2. The maximum absolute atomic E-state index is 11.6. The zero-order valence-electron chi connectivity index (χ0n) is 20.2. The Bertz CT molecular complexity index is 1480. The first kappa shape index (κ1) is 24.1. The van der Waals surface area contributed by atoms with Crippen LogP contribution in [0, 0.1) is 13.8 Å².